The van der Waals surface area contributed by atoms with E-state index in [1.807, 2.05) is 6.92 Å². The lowest BCUT2D eigenvalue weighted by atomic mass is 9.99. The first kappa shape index (κ1) is 16.5. The summed E-state index contributed by atoms with van der Waals surface area (Å²) in [6.07, 6.45) is -0.498. The average molecular weight is 287 g/mol. The molecule has 0 radical (unpaired) electrons. The second-order valence-corrected chi connectivity index (χ2v) is 4.72. The minimum atomic E-state index is -1.01. The summed E-state index contributed by atoms with van der Waals surface area (Å²) in [4.78, 5) is 12.3. The van der Waals surface area contributed by atoms with Gasteiger partial charge in [-0.2, -0.15) is 0 Å². The fourth-order valence-electron chi connectivity index (χ4n) is 2.13. The number of hydrogen-bond acceptors (Lipinski definition) is 3. The molecule has 0 aliphatic rings. The zero-order chi connectivity index (χ0) is 15.3. The smallest absolute Gasteiger partial charge is 0.304 e. The molecule has 1 aromatic rings. The molecule has 1 rings (SSSR count). The summed E-state index contributed by atoms with van der Waals surface area (Å²) in [7, 11) is 1.69. The van der Waals surface area contributed by atoms with Gasteiger partial charge in [0, 0.05) is 12.6 Å². The maximum Gasteiger partial charge on any atom is 0.304 e. The highest BCUT2D eigenvalue weighted by Gasteiger charge is 2.24. The lowest BCUT2D eigenvalue weighted by Crippen LogP contribution is -2.37. The minimum absolute atomic E-state index is 0.0441. The number of likely N-dealkylation sites (N-methyl/N-ethyl adjacent to an activating group) is 1. The zero-order valence-electron chi connectivity index (χ0n) is 11.5. The monoisotopic (exact) mass is 287 g/mol. The van der Waals surface area contributed by atoms with E-state index in [0.29, 0.717) is 6.42 Å². The van der Waals surface area contributed by atoms with Crippen LogP contribution in [0, 0.1) is 11.6 Å². The van der Waals surface area contributed by atoms with Crippen molar-refractivity contribution in [3.05, 3.63) is 35.4 Å². The van der Waals surface area contributed by atoms with E-state index in [0.717, 1.165) is 12.1 Å². The van der Waals surface area contributed by atoms with Gasteiger partial charge in [0.25, 0.3) is 0 Å². The Labute approximate surface area is 116 Å². The number of carboxylic acids is 1. The molecular formula is C14H19F2NO3. The number of carboxylic acid groups (broad SMARTS) is 1. The molecule has 2 N–H and O–H groups in total. The summed E-state index contributed by atoms with van der Waals surface area (Å²) >= 11 is 0. The highest BCUT2D eigenvalue weighted by molar-refractivity contribution is 5.66. The number of rotatable bonds is 7. The number of aliphatic hydroxyl groups excluding tert-OH is 1. The molecular weight excluding hydrogens is 268 g/mol. The van der Waals surface area contributed by atoms with E-state index in [2.05, 4.69) is 0 Å². The van der Waals surface area contributed by atoms with Crippen LogP contribution >= 0.6 is 0 Å². The largest absolute Gasteiger partial charge is 0.481 e. The number of benzene rings is 1. The summed E-state index contributed by atoms with van der Waals surface area (Å²) in [5.74, 6) is -2.90. The van der Waals surface area contributed by atoms with Gasteiger partial charge < -0.3 is 10.2 Å². The predicted octanol–water partition coefficient (Wildman–Crippen LogP) is 2.18. The Morgan fingerprint density at radius 3 is 2.50 bits per heavy atom. The van der Waals surface area contributed by atoms with Crippen molar-refractivity contribution >= 4 is 5.97 Å². The van der Waals surface area contributed by atoms with Crippen LogP contribution in [0.1, 0.15) is 31.4 Å². The molecule has 2 atom stereocenters. The van der Waals surface area contributed by atoms with Gasteiger partial charge in [-0.05, 0) is 31.2 Å². The van der Waals surface area contributed by atoms with Gasteiger partial charge in [0.15, 0.2) is 11.6 Å². The molecule has 0 fully saturated rings. The molecule has 2 unspecified atom stereocenters. The Kier molecular flexibility index (Phi) is 6.04. The minimum Gasteiger partial charge on any atom is -0.481 e. The lowest BCUT2D eigenvalue weighted by molar-refractivity contribution is -0.137. The van der Waals surface area contributed by atoms with Crippen molar-refractivity contribution in [3.8, 4) is 0 Å². The van der Waals surface area contributed by atoms with E-state index >= 15 is 0 Å². The highest BCUT2D eigenvalue weighted by atomic mass is 19.2. The lowest BCUT2D eigenvalue weighted by Gasteiger charge is -2.31. The molecule has 0 aliphatic carbocycles. The maximum absolute atomic E-state index is 13.2. The van der Waals surface area contributed by atoms with Gasteiger partial charge in [0.2, 0.25) is 0 Å². The number of halogens is 2. The molecule has 0 bridgehead atoms. The van der Waals surface area contributed by atoms with E-state index in [1.54, 1.807) is 11.9 Å². The van der Waals surface area contributed by atoms with Crippen molar-refractivity contribution in [2.75, 3.05) is 13.6 Å². The van der Waals surface area contributed by atoms with Crippen LogP contribution in [0.4, 0.5) is 8.78 Å². The van der Waals surface area contributed by atoms with E-state index in [4.69, 9.17) is 5.11 Å². The summed E-state index contributed by atoms with van der Waals surface area (Å²) in [6, 6.07) is 2.90. The zero-order valence-corrected chi connectivity index (χ0v) is 11.5. The van der Waals surface area contributed by atoms with Crippen molar-refractivity contribution < 1.29 is 23.8 Å². The van der Waals surface area contributed by atoms with Crippen molar-refractivity contribution in [1.82, 2.24) is 4.90 Å². The van der Waals surface area contributed by atoms with Gasteiger partial charge in [-0.1, -0.05) is 13.0 Å². The van der Waals surface area contributed by atoms with Crippen LogP contribution in [0.5, 0.6) is 0 Å². The molecule has 0 saturated carbocycles. The van der Waals surface area contributed by atoms with Crippen LogP contribution in [0.2, 0.25) is 0 Å². The Bertz CT molecular complexity index is 468. The molecule has 0 saturated heterocycles. The van der Waals surface area contributed by atoms with Crippen molar-refractivity contribution in [3.63, 3.8) is 0 Å². The Hall–Kier alpha value is -1.53. The highest BCUT2D eigenvalue weighted by Crippen LogP contribution is 2.24. The fourth-order valence-corrected chi connectivity index (χ4v) is 2.13. The molecule has 0 aromatic heterocycles. The number of aliphatic carboxylic acids is 1. The first-order valence-corrected chi connectivity index (χ1v) is 6.41. The Morgan fingerprint density at radius 2 is 2.00 bits per heavy atom. The third-order valence-corrected chi connectivity index (χ3v) is 3.31. The van der Waals surface area contributed by atoms with Crippen LogP contribution in [-0.2, 0) is 4.79 Å². The van der Waals surface area contributed by atoms with E-state index in [1.165, 1.54) is 6.07 Å². The molecule has 0 aliphatic heterocycles. The van der Waals surface area contributed by atoms with E-state index < -0.39 is 23.7 Å². The Morgan fingerprint density at radius 1 is 1.35 bits per heavy atom. The quantitative estimate of drug-likeness (QED) is 0.807. The first-order chi connectivity index (χ1) is 9.36. The van der Waals surface area contributed by atoms with Gasteiger partial charge >= 0.3 is 5.97 Å². The maximum atomic E-state index is 13.2. The van der Waals surface area contributed by atoms with Gasteiger partial charge in [-0.3, -0.25) is 9.69 Å². The van der Waals surface area contributed by atoms with E-state index in [9.17, 15) is 18.7 Å². The van der Waals surface area contributed by atoms with Gasteiger partial charge in [-0.15, -0.1) is 0 Å². The summed E-state index contributed by atoms with van der Waals surface area (Å²) < 4.78 is 26.1. The van der Waals surface area contributed by atoms with Crippen molar-refractivity contribution in [2.24, 2.45) is 0 Å². The number of aliphatic hydroxyl groups is 1. The van der Waals surface area contributed by atoms with Gasteiger partial charge in [-0.25, -0.2) is 8.78 Å². The summed E-state index contributed by atoms with van der Waals surface area (Å²) in [5, 5.41) is 18.9. The molecule has 0 amide bonds. The van der Waals surface area contributed by atoms with E-state index in [-0.39, 0.29) is 24.6 Å². The number of nitrogens with zero attached hydrogens (tertiary/aromatic N) is 1. The van der Waals surface area contributed by atoms with Crippen LogP contribution in [0.3, 0.4) is 0 Å². The van der Waals surface area contributed by atoms with Crippen molar-refractivity contribution in [2.45, 2.75) is 31.9 Å². The fraction of sp³-hybridized carbons (Fsp3) is 0.500. The van der Waals surface area contributed by atoms with Gasteiger partial charge in [0.05, 0.1) is 12.5 Å². The summed E-state index contributed by atoms with van der Waals surface area (Å²) in [6.45, 7) is 2.11. The molecule has 4 nitrogen and oxygen atoms in total. The van der Waals surface area contributed by atoms with Gasteiger partial charge in [0.1, 0.15) is 0 Å². The third-order valence-electron chi connectivity index (χ3n) is 3.31. The first-order valence-electron chi connectivity index (χ1n) is 6.41. The second-order valence-electron chi connectivity index (χ2n) is 4.72. The molecule has 6 heteroatoms. The summed E-state index contributed by atoms with van der Waals surface area (Å²) in [5.41, 5.74) is 0.276. The van der Waals surface area contributed by atoms with Crippen LogP contribution in [-0.4, -0.2) is 40.7 Å². The van der Waals surface area contributed by atoms with Crippen molar-refractivity contribution in [1.29, 1.82) is 0 Å². The molecule has 0 heterocycles. The topological polar surface area (TPSA) is 60.8 Å². The average Bonchev–Trinajstić information content (AvgIpc) is 2.40. The number of hydrogen-bond donors (Lipinski definition) is 2. The van der Waals surface area contributed by atoms with Crippen LogP contribution in [0.15, 0.2) is 18.2 Å². The SMILES string of the molecule is CCC(C(O)c1ccc(F)c(F)c1)N(C)CCC(=O)O. The standard InChI is InChI=1S/C14H19F2NO3/c1-3-12(17(2)7-6-13(18)19)14(20)9-4-5-10(15)11(16)8-9/h4-5,8,12,14,20H,3,6-7H2,1-2H3,(H,18,19). The normalized spacial score (nSPS) is 14.3. The molecule has 112 valence electrons. The molecule has 0 spiro atoms. The predicted molar refractivity (Wildman–Crippen MR) is 70.3 cm³/mol. The molecule has 20 heavy (non-hydrogen) atoms. The van der Waals surface area contributed by atoms with Crippen LogP contribution in [0.25, 0.3) is 0 Å². The van der Waals surface area contributed by atoms with Crippen LogP contribution < -0.4 is 0 Å². The third kappa shape index (κ3) is 4.25. The second kappa shape index (κ2) is 7.31. The Balaban J connectivity index is 2.82. The molecule has 1 aromatic carbocycles. The number of carbonyl (C=O) groups is 1.